The molecular weight excluding hydrogens is 360 g/mol. The van der Waals surface area contributed by atoms with Crippen molar-refractivity contribution in [2.24, 2.45) is 0 Å². The molecule has 2 aromatic rings. The molecule has 2 aromatic carbocycles. The number of likely N-dealkylation sites (N-methyl/N-ethyl adjacent to an activating group) is 1. The SMILES string of the molecule is COC(=O)c1cc([N+](=O)[O-])cc2c1OC1(C=C2)N(C)c2ccccc2C1(C)C. The second-order valence-electron chi connectivity index (χ2n) is 7.49. The van der Waals surface area contributed by atoms with Crippen molar-refractivity contribution in [2.45, 2.75) is 25.0 Å². The summed E-state index contributed by atoms with van der Waals surface area (Å²) in [4.78, 5) is 25.1. The maximum Gasteiger partial charge on any atom is 0.341 e. The summed E-state index contributed by atoms with van der Waals surface area (Å²) in [5.41, 5.74) is 1.14. The van der Waals surface area contributed by atoms with Gasteiger partial charge in [-0.15, -0.1) is 0 Å². The Kier molecular flexibility index (Phi) is 3.75. The number of nitrogens with zero attached hydrogens (tertiary/aromatic N) is 2. The summed E-state index contributed by atoms with van der Waals surface area (Å²) < 4.78 is 11.3. The summed E-state index contributed by atoms with van der Waals surface area (Å²) in [6.07, 6.45) is 3.68. The van der Waals surface area contributed by atoms with Crippen LogP contribution in [-0.4, -0.2) is 30.8 Å². The number of nitro groups is 1. The van der Waals surface area contributed by atoms with E-state index in [0.29, 0.717) is 5.56 Å². The van der Waals surface area contributed by atoms with Crippen molar-refractivity contribution in [1.82, 2.24) is 0 Å². The lowest BCUT2D eigenvalue weighted by Gasteiger charge is -2.46. The molecule has 0 radical (unpaired) electrons. The Morgan fingerprint density at radius 1 is 1.25 bits per heavy atom. The number of methoxy groups -OCH3 is 1. The quantitative estimate of drug-likeness (QED) is 0.446. The number of esters is 1. The molecule has 2 heterocycles. The van der Waals surface area contributed by atoms with Gasteiger partial charge in [-0.05, 0) is 37.6 Å². The van der Waals surface area contributed by atoms with E-state index in [1.807, 2.05) is 36.2 Å². The molecule has 0 N–H and O–H groups in total. The third-order valence-corrected chi connectivity index (χ3v) is 5.80. The monoisotopic (exact) mass is 380 g/mol. The Morgan fingerprint density at radius 3 is 2.61 bits per heavy atom. The molecule has 2 aliphatic heterocycles. The first kappa shape index (κ1) is 18.0. The number of fused-ring (bicyclic) bond motifs is 2. The van der Waals surface area contributed by atoms with Crippen molar-refractivity contribution in [3.8, 4) is 5.75 Å². The Balaban J connectivity index is 1.92. The average molecular weight is 380 g/mol. The van der Waals surface area contributed by atoms with Gasteiger partial charge < -0.3 is 14.4 Å². The number of anilines is 1. The van der Waals surface area contributed by atoms with Crippen molar-refractivity contribution in [3.05, 3.63) is 69.3 Å². The van der Waals surface area contributed by atoms with Crippen LogP contribution in [0.15, 0.2) is 42.5 Å². The first-order chi connectivity index (χ1) is 13.2. The van der Waals surface area contributed by atoms with Gasteiger partial charge in [-0.3, -0.25) is 10.1 Å². The highest BCUT2D eigenvalue weighted by atomic mass is 16.6. The van der Waals surface area contributed by atoms with Crippen LogP contribution < -0.4 is 9.64 Å². The average Bonchev–Trinajstić information content (AvgIpc) is 2.85. The molecule has 1 unspecified atom stereocenters. The predicted molar refractivity (Wildman–Crippen MR) is 105 cm³/mol. The lowest BCUT2D eigenvalue weighted by Crippen LogP contribution is -2.58. The number of benzene rings is 2. The van der Waals surface area contributed by atoms with Crippen LogP contribution in [0.25, 0.3) is 6.08 Å². The first-order valence-corrected chi connectivity index (χ1v) is 8.85. The lowest BCUT2D eigenvalue weighted by atomic mass is 9.76. The summed E-state index contributed by atoms with van der Waals surface area (Å²) in [5.74, 6) is -0.394. The largest absolute Gasteiger partial charge is 0.465 e. The van der Waals surface area contributed by atoms with E-state index in [4.69, 9.17) is 9.47 Å². The van der Waals surface area contributed by atoms with Crippen LogP contribution in [0.3, 0.4) is 0 Å². The summed E-state index contributed by atoms with van der Waals surface area (Å²) in [6.45, 7) is 4.15. The fraction of sp³-hybridized carbons (Fsp3) is 0.286. The van der Waals surface area contributed by atoms with Gasteiger partial charge >= 0.3 is 5.97 Å². The molecule has 4 rings (SSSR count). The van der Waals surface area contributed by atoms with Crippen molar-refractivity contribution in [1.29, 1.82) is 0 Å². The number of rotatable bonds is 2. The molecule has 0 amide bonds. The zero-order valence-electron chi connectivity index (χ0n) is 16.1. The maximum atomic E-state index is 12.4. The minimum atomic E-state index is -0.886. The predicted octanol–water partition coefficient (Wildman–Crippen LogP) is 3.91. The summed E-state index contributed by atoms with van der Waals surface area (Å²) in [6, 6.07) is 10.6. The second-order valence-corrected chi connectivity index (χ2v) is 7.49. The summed E-state index contributed by atoms with van der Waals surface area (Å²) >= 11 is 0. The number of nitro benzene ring substituents is 1. The molecular formula is C21H20N2O5. The molecule has 144 valence electrons. The molecule has 7 nitrogen and oxygen atoms in total. The standard InChI is InChI=1S/C21H20N2O5/c1-20(2)16-7-5-6-8-17(16)22(3)21(20)10-9-13-11-14(23(25)26)12-15(18(13)28-21)19(24)27-4/h5-12H,1-4H3. The van der Waals surface area contributed by atoms with Crippen LogP contribution in [0.5, 0.6) is 5.75 Å². The molecule has 7 heteroatoms. The molecule has 0 bridgehead atoms. The van der Waals surface area contributed by atoms with Crippen LogP contribution in [0.4, 0.5) is 11.4 Å². The smallest absolute Gasteiger partial charge is 0.341 e. The van der Waals surface area contributed by atoms with E-state index in [0.717, 1.165) is 11.3 Å². The number of para-hydroxylation sites is 1. The summed E-state index contributed by atoms with van der Waals surface area (Å²) in [5, 5.41) is 11.3. The van der Waals surface area contributed by atoms with Gasteiger partial charge in [0, 0.05) is 30.4 Å². The van der Waals surface area contributed by atoms with E-state index in [-0.39, 0.29) is 17.0 Å². The Morgan fingerprint density at radius 2 is 1.96 bits per heavy atom. The third kappa shape index (κ3) is 2.19. The molecule has 0 fully saturated rings. The van der Waals surface area contributed by atoms with Gasteiger partial charge in [-0.25, -0.2) is 4.79 Å². The zero-order chi connectivity index (χ0) is 20.3. The number of non-ortho nitro benzene ring substituents is 1. The number of ether oxygens (including phenoxy) is 2. The minimum absolute atomic E-state index is 0.0376. The van der Waals surface area contributed by atoms with Gasteiger partial charge in [-0.2, -0.15) is 0 Å². The van der Waals surface area contributed by atoms with Crippen LogP contribution in [-0.2, 0) is 10.2 Å². The van der Waals surface area contributed by atoms with E-state index in [1.165, 1.54) is 19.2 Å². The van der Waals surface area contributed by atoms with Crippen molar-refractivity contribution < 1.29 is 19.2 Å². The fourth-order valence-corrected chi connectivity index (χ4v) is 4.23. The van der Waals surface area contributed by atoms with E-state index in [9.17, 15) is 14.9 Å². The molecule has 0 aliphatic carbocycles. The van der Waals surface area contributed by atoms with Crippen molar-refractivity contribution >= 4 is 23.4 Å². The molecule has 1 spiro atoms. The topological polar surface area (TPSA) is 81.9 Å². The number of carbonyl (C=O) groups excluding carboxylic acids is 1. The molecule has 0 saturated heterocycles. The van der Waals surface area contributed by atoms with E-state index >= 15 is 0 Å². The Hall–Kier alpha value is -3.35. The highest BCUT2D eigenvalue weighted by Gasteiger charge is 2.58. The minimum Gasteiger partial charge on any atom is -0.465 e. The normalized spacial score (nSPS) is 21.1. The first-order valence-electron chi connectivity index (χ1n) is 8.85. The number of hydrogen-bond acceptors (Lipinski definition) is 6. The van der Waals surface area contributed by atoms with Gasteiger partial charge in [0.1, 0.15) is 11.3 Å². The van der Waals surface area contributed by atoms with Crippen LogP contribution in [0, 0.1) is 10.1 Å². The number of carbonyl (C=O) groups is 1. The molecule has 28 heavy (non-hydrogen) atoms. The lowest BCUT2D eigenvalue weighted by molar-refractivity contribution is -0.384. The van der Waals surface area contributed by atoms with Crippen LogP contribution in [0.1, 0.15) is 35.3 Å². The highest BCUT2D eigenvalue weighted by molar-refractivity contribution is 5.95. The molecule has 1 atom stereocenters. The van der Waals surface area contributed by atoms with Gasteiger partial charge in [0.25, 0.3) is 5.69 Å². The van der Waals surface area contributed by atoms with Gasteiger partial charge in [0.05, 0.1) is 17.4 Å². The fourth-order valence-electron chi connectivity index (χ4n) is 4.23. The molecule has 2 aliphatic rings. The van der Waals surface area contributed by atoms with Gasteiger partial charge in [0.15, 0.2) is 0 Å². The molecule has 0 saturated carbocycles. The van der Waals surface area contributed by atoms with E-state index in [1.54, 1.807) is 6.08 Å². The van der Waals surface area contributed by atoms with Crippen LogP contribution in [0.2, 0.25) is 0 Å². The van der Waals surface area contributed by atoms with Gasteiger partial charge in [0.2, 0.25) is 5.72 Å². The Bertz CT molecular complexity index is 1040. The second kappa shape index (κ2) is 5.82. The zero-order valence-corrected chi connectivity index (χ0v) is 16.1. The van der Waals surface area contributed by atoms with E-state index < -0.39 is 22.0 Å². The Labute approximate surface area is 162 Å². The van der Waals surface area contributed by atoms with Crippen molar-refractivity contribution in [2.75, 3.05) is 19.1 Å². The van der Waals surface area contributed by atoms with E-state index in [2.05, 4.69) is 19.9 Å². The molecule has 0 aromatic heterocycles. The number of hydrogen-bond donors (Lipinski definition) is 0. The van der Waals surface area contributed by atoms with Gasteiger partial charge in [-0.1, -0.05) is 18.2 Å². The maximum absolute atomic E-state index is 12.4. The highest BCUT2D eigenvalue weighted by Crippen LogP contribution is 2.54. The summed E-state index contributed by atoms with van der Waals surface area (Å²) in [7, 11) is 3.18. The van der Waals surface area contributed by atoms with Crippen molar-refractivity contribution in [3.63, 3.8) is 0 Å². The van der Waals surface area contributed by atoms with Crippen LogP contribution >= 0.6 is 0 Å². The third-order valence-electron chi connectivity index (χ3n) is 5.80.